The van der Waals surface area contributed by atoms with Crippen LogP contribution < -0.4 is 5.32 Å². The van der Waals surface area contributed by atoms with Gasteiger partial charge in [0.25, 0.3) is 0 Å². The number of hydrogen-bond acceptors (Lipinski definition) is 3. The Labute approximate surface area is 207 Å². The molecule has 4 aliphatic carbocycles. The number of aryl methyl sites for hydroxylation is 2. The van der Waals surface area contributed by atoms with Crippen LogP contribution in [0.15, 0.2) is 59.1 Å². The Morgan fingerprint density at radius 3 is 2.24 bits per heavy atom. The number of anilines is 1. The van der Waals surface area contributed by atoms with Crippen molar-refractivity contribution < 1.29 is 14.4 Å². The molecule has 5 nitrogen and oxygen atoms in total. The number of rotatable bonds is 5. The Hall–Kier alpha value is -2.73. The molecule has 34 heavy (non-hydrogen) atoms. The lowest BCUT2D eigenvalue weighted by Crippen LogP contribution is -2.49. The van der Waals surface area contributed by atoms with Crippen LogP contribution in [0.25, 0.3) is 0 Å². The van der Waals surface area contributed by atoms with Gasteiger partial charge < -0.3 is 5.32 Å². The second-order valence-corrected chi connectivity index (χ2v) is 11.2. The van der Waals surface area contributed by atoms with Crippen LogP contribution in [0.5, 0.6) is 0 Å². The van der Waals surface area contributed by atoms with Crippen LogP contribution in [-0.2, 0) is 20.8 Å². The highest BCUT2D eigenvalue weighted by atomic mass is 79.9. The van der Waals surface area contributed by atoms with Gasteiger partial charge in [-0.1, -0.05) is 58.4 Å². The van der Waals surface area contributed by atoms with E-state index in [2.05, 4.69) is 33.4 Å². The highest BCUT2D eigenvalue weighted by molar-refractivity contribution is 9.10. The molecule has 2 saturated carbocycles. The summed E-state index contributed by atoms with van der Waals surface area (Å²) in [5, 5.41) is 3.03. The van der Waals surface area contributed by atoms with Gasteiger partial charge in [0.2, 0.25) is 17.7 Å². The third-order valence-electron chi connectivity index (χ3n) is 8.35. The predicted molar refractivity (Wildman–Crippen MR) is 133 cm³/mol. The first kappa shape index (κ1) is 21.8. The summed E-state index contributed by atoms with van der Waals surface area (Å²) in [7, 11) is 0. The highest BCUT2D eigenvalue weighted by Gasteiger charge is 2.67. The molecule has 1 saturated heterocycles. The Balaban J connectivity index is 1.34. The Morgan fingerprint density at radius 1 is 1.00 bits per heavy atom. The number of hydrogen-bond donors (Lipinski definition) is 1. The van der Waals surface area contributed by atoms with Crippen molar-refractivity contribution in [1.82, 2.24) is 4.90 Å². The predicted octanol–water partition coefficient (Wildman–Crippen LogP) is 4.67. The van der Waals surface area contributed by atoms with E-state index < -0.39 is 6.04 Å². The van der Waals surface area contributed by atoms with Crippen molar-refractivity contribution in [3.05, 3.63) is 75.8 Å². The molecular weight excluding hydrogens is 492 g/mol. The lowest BCUT2D eigenvalue weighted by atomic mass is 9.63. The number of imide groups is 1. The summed E-state index contributed by atoms with van der Waals surface area (Å²) in [6.07, 6.45) is 5.74. The second kappa shape index (κ2) is 7.91. The van der Waals surface area contributed by atoms with E-state index in [9.17, 15) is 14.4 Å². The van der Waals surface area contributed by atoms with Gasteiger partial charge >= 0.3 is 0 Å². The van der Waals surface area contributed by atoms with Crippen molar-refractivity contribution in [2.45, 2.75) is 32.7 Å². The molecule has 6 heteroatoms. The first-order valence-electron chi connectivity index (χ1n) is 12.0. The second-order valence-electron chi connectivity index (χ2n) is 10.3. The maximum atomic E-state index is 13.7. The van der Waals surface area contributed by atoms with Gasteiger partial charge in [0, 0.05) is 16.6 Å². The fraction of sp³-hybridized carbons (Fsp3) is 0.393. The van der Waals surface area contributed by atoms with Crippen LogP contribution in [-0.4, -0.2) is 28.7 Å². The summed E-state index contributed by atoms with van der Waals surface area (Å²) >= 11 is 3.53. The molecule has 3 fully saturated rings. The van der Waals surface area contributed by atoms with Crippen LogP contribution in [0.3, 0.4) is 0 Å². The largest absolute Gasteiger partial charge is 0.324 e. The highest BCUT2D eigenvalue weighted by Crippen LogP contribution is 2.65. The molecule has 0 aromatic heterocycles. The summed E-state index contributed by atoms with van der Waals surface area (Å²) in [4.78, 5) is 42.5. The minimum atomic E-state index is -0.882. The third kappa shape index (κ3) is 3.29. The van der Waals surface area contributed by atoms with Crippen molar-refractivity contribution in [3.8, 4) is 0 Å². The van der Waals surface area contributed by atoms with E-state index in [-0.39, 0.29) is 41.4 Å². The van der Waals surface area contributed by atoms with Crippen molar-refractivity contribution in [1.29, 1.82) is 0 Å². The minimum absolute atomic E-state index is 0.137. The van der Waals surface area contributed by atoms with Crippen LogP contribution in [0.4, 0.5) is 5.69 Å². The number of nitrogens with one attached hydrogen (secondary N) is 1. The van der Waals surface area contributed by atoms with Gasteiger partial charge in [0.1, 0.15) is 6.04 Å². The zero-order valence-electron chi connectivity index (χ0n) is 19.2. The number of halogens is 1. The first-order valence-corrected chi connectivity index (χ1v) is 12.8. The van der Waals surface area contributed by atoms with Gasteiger partial charge in [0.15, 0.2) is 0 Å². The standard InChI is InChI=1S/C28H27BrN2O3/c1-14-11-22(15(2)10-21(14)29)30-26(32)23(12-16-6-4-3-5-7-16)31-27(33)24-17-8-9-18(20-13-19(17)20)25(24)28(31)34/h3-11,17-20,23-25H,12-13H2,1-2H3,(H,30,32)/t17-,18-,19-,20-,23+,24+,25+/m1/s1. The van der Waals surface area contributed by atoms with Gasteiger partial charge in [-0.15, -0.1) is 0 Å². The zero-order chi connectivity index (χ0) is 23.7. The Morgan fingerprint density at radius 2 is 1.62 bits per heavy atom. The van der Waals surface area contributed by atoms with Gasteiger partial charge in [-0.2, -0.15) is 0 Å². The topological polar surface area (TPSA) is 66.5 Å². The van der Waals surface area contributed by atoms with Crippen LogP contribution in [0, 0.1) is 49.4 Å². The van der Waals surface area contributed by atoms with Gasteiger partial charge in [-0.25, -0.2) is 0 Å². The van der Waals surface area contributed by atoms with E-state index in [0.29, 0.717) is 23.9 Å². The number of carbonyl (C=O) groups excluding carboxylic acids is 3. The van der Waals surface area contributed by atoms with E-state index in [0.717, 1.165) is 27.6 Å². The molecule has 2 aromatic carbocycles. The monoisotopic (exact) mass is 518 g/mol. The summed E-state index contributed by atoms with van der Waals surface area (Å²) in [5.74, 6) is 0.0587. The minimum Gasteiger partial charge on any atom is -0.324 e. The summed E-state index contributed by atoms with van der Waals surface area (Å²) < 4.78 is 0.972. The Kier molecular flexibility index (Phi) is 5.07. The molecule has 1 heterocycles. The molecule has 0 spiro atoms. The van der Waals surface area contributed by atoms with E-state index in [1.807, 2.05) is 56.3 Å². The van der Waals surface area contributed by atoms with E-state index in [1.54, 1.807) is 0 Å². The zero-order valence-corrected chi connectivity index (χ0v) is 20.8. The van der Waals surface area contributed by atoms with Gasteiger partial charge in [-0.05, 0) is 72.8 Å². The summed E-state index contributed by atoms with van der Waals surface area (Å²) in [6.45, 7) is 3.90. The molecule has 5 aliphatic rings. The fourth-order valence-corrected chi connectivity index (χ4v) is 7.02. The number of nitrogens with zero attached hydrogens (tertiary/aromatic N) is 1. The maximum absolute atomic E-state index is 13.7. The molecule has 7 atom stereocenters. The normalized spacial score (nSPS) is 31.3. The molecule has 2 bridgehead atoms. The fourth-order valence-electron chi connectivity index (χ4n) is 6.56. The molecule has 2 aromatic rings. The number of carbonyl (C=O) groups is 3. The third-order valence-corrected chi connectivity index (χ3v) is 9.20. The average Bonchev–Trinajstić information content (AvgIpc) is 3.60. The van der Waals surface area contributed by atoms with E-state index in [1.165, 1.54) is 4.90 Å². The van der Waals surface area contributed by atoms with Crippen LogP contribution >= 0.6 is 15.9 Å². The number of likely N-dealkylation sites (tertiary alicyclic amines) is 1. The first-order chi connectivity index (χ1) is 16.3. The van der Waals surface area contributed by atoms with Crippen molar-refractivity contribution in [2.24, 2.45) is 35.5 Å². The number of benzene rings is 2. The number of amides is 3. The molecule has 7 rings (SSSR count). The SMILES string of the molecule is Cc1cc(NC(=O)[C@H](Cc2ccccc2)N2C(=O)[C@H]3[C@@H]4C=C[C@H]([C@H]5C[C@H]45)[C@@H]3C2=O)c(C)cc1Br. The Bertz CT molecular complexity index is 1200. The number of allylic oxidation sites excluding steroid dienone is 2. The molecule has 1 N–H and O–H groups in total. The molecule has 174 valence electrons. The molecule has 1 aliphatic heterocycles. The van der Waals surface area contributed by atoms with Crippen LogP contribution in [0.1, 0.15) is 23.1 Å². The average molecular weight is 519 g/mol. The molecule has 3 amide bonds. The van der Waals surface area contributed by atoms with Crippen molar-refractivity contribution >= 4 is 39.3 Å². The van der Waals surface area contributed by atoms with Gasteiger partial charge in [0.05, 0.1) is 11.8 Å². The molecule has 0 unspecified atom stereocenters. The van der Waals surface area contributed by atoms with E-state index in [4.69, 9.17) is 0 Å². The lowest BCUT2D eigenvalue weighted by molar-refractivity contribution is -0.146. The van der Waals surface area contributed by atoms with Crippen molar-refractivity contribution in [3.63, 3.8) is 0 Å². The lowest BCUT2D eigenvalue weighted by Gasteiger charge is -2.37. The van der Waals surface area contributed by atoms with E-state index >= 15 is 0 Å². The van der Waals surface area contributed by atoms with Gasteiger partial charge in [-0.3, -0.25) is 19.3 Å². The quantitative estimate of drug-likeness (QED) is 0.462. The van der Waals surface area contributed by atoms with Crippen molar-refractivity contribution in [2.75, 3.05) is 5.32 Å². The summed E-state index contributed by atoms with van der Waals surface area (Å²) in [6, 6.07) is 12.6. The molecular formula is C28H27BrN2O3. The maximum Gasteiger partial charge on any atom is 0.248 e. The summed E-state index contributed by atoms with van der Waals surface area (Å²) in [5.41, 5.74) is 3.54. The molecule has 0 radical (unpaired) electrons. The smallest absolute Gasteiger partial charge is 0.248 e. The van der Waals surface area contributed by atoms with Crippen LogP contribution in [0.2, 0.25) is 0 Å².